The Kier molecular flexibility index (Phi) is 12.1. The normalized spacial score (nSPS) is 11.7. The highest BCUT2D eigenvalue weighted by molar-refractivity contribution is 7.94. The monoisotopic (exact) mass is 500 g/mol. The van der Waals surface area contributed by atoms with Crippen molar-refractivity contribution in [1.29, 1.82) is 0 Å². The van der Waals surface area contributed by atoms with Crippen molar-refractivity contribution in [3.8, 4) is 5.75 Å². The number of esters is 1. The van der Waals surface area contributed by atoms with Crippen LogP contribution in [0.5, 0.6) is 5.75 Å². The van der Waals surface area contributed by atoms with Gasteiger partial charge in [0.15, 0.2) is 5.75 Å². The van der Waals surface area contributed by atoms with Gasteiger partial charge in [0.25, 0.3) is 10.1 Å². The maximum atomic E-state index is 12.3. The fraction of sp³-hybridized carbons (Fsp3) is 0.522. The maximum Gasteiger partial charge on any atom is 0.311 e. The highest BCUT2D eigenvalue weighted by Crippen LogP contribution is 2.32. The lowest BCUT2D eigenvalue weighted by atomic mass is 10.1. The number of carbonyl (C=O) groups excluding carboxylic acids is 1. The van der Waals surface area contributed by atoms with Gasteiger partial charge in [-0.25, -0.2) is 5.26 Å². The van der Waals surface area contributed by atoms with Crippen LogP contribution in [0.3, 0.4) is 0 Å². The van der Waals surface area contributed by atoms with E-state index >= 15 is 0 Å². The summed E-state index contributed by atoms with van der Waals surface area (Å²) >= 11 is 0.714. The number of benzene rings is 2. The van der Waals surface area contributed by atoms with Gasteiger partial charge in [-0.05, 0) is 41.5 Å². The Labute approximate surface area is 199 Å². The number of hydrogen-bond donors (Lipinski definition) is 2. The van der Waals surface area contributed by atoms with Crippen molar-refractivity contribution in [1.82, 2.24) is 0 Å². The lowest BCUT2D eigenvalue weighted by Gasteiger charge is -2.11. The average Bonchev–Trinajstić information content (AvgIpc) is 2.77. The molecule has 2 rings (SSSR count). The van der Waals surface area contributed by atoms with Gasteiger partial charge in [0.1, 0.15) is 4.90 Å². The van der Waals surface area contributed by atoms with E-state index in [4.69, 9.17) is 9.99 Å². The second-order valence-electron chi connectivity index (χ2n) is 7.91. The molecule has 0 saturated carbocycles. The van der Waals surface area contributed by atoms with Gasteiger partial charge in [-0.3, -0.25) is 9.35 Å². The van der Waals surface area contributed by atoms with Gasteiger partial charge in [0.2, 0.25) is 0 Å². The Morgan fingerprint density at radius 1 is 0.909 bits per heavy atom. The largest absolute Gasteiger partial charge is 0.425 e. The van der Waals surface area contributed by atoms with Crippen molar-refractivity contribution < 1.29 is 37.1 Å². The third kappa shape index (κ3) is 9.99. The molecule has 8 nitrogen and oxygen atoms in total. The molecule has 10 heteroatoms. The summed E-state index contributed by atoms with van der Waals surface area (Å²) in [7, 11) is -4.62. The Balaban J connectivity index is 1.90. The Morgan fingerprint density at radius 2 is 1.55 bits per heavy atom. The Hall–Kier alpha value is -1.69. The van der Waals surface area contributed by atoms with Gasteiger partial charge < -0.3 is 4.74 Å². The van der Waals surface area contributed by atoms with E-state index in [1.165, 1.54) is 50.7 Å². The van der Waals surface area contributed by atoms with Gasteiger partial charge in [-0.1, -0.05) is 75.8 Å². The first-order valence-corrected chi connectivity index (χ1v) is 13.4. The molecule has 0 fully saturated rings. The number of unbranched alkanes of at least 4 members (excludes halogenated alkanes) is 9. The predicted octanol–water partition coefficient (Wildman–Crippen LogP) is 6.73. The summed E-state index contributed by atoms with van der Waals surface area (Å²) in [6, 6.07) is 7.49. The van der Waals surface area contributed by atoms with Gasteiger partial charge >= 0.3 is 5.97 Å². The van der Waals surface area contributed by atoms with E-state index in [0.29, 0.717) is 34.1 Å². The SMILES string of the molecule is CCCCCCCCCCCCC(=O)Oc1cc2ccc(SOOO)cc2cc1S(=O)(=O)O. The summed E-state index contributed by atoms with van der Waals surface area (Å²) in [5, 5.41) is 12.9. The minimum Gasteiger partial charge on any atom is -0.425 e. The fourth-order valence-corrected chi connectivity index (χ4v) is 4.59. The summed E-state index contributed by atoms with van der Waals surface area (Å²) in [5.74, 6) is -0.753. The number of ether oxygens (including phenoxy) is 1. The van der Waals surface area contributed by atoms with Crippen LogP contribution in [-0.4, -0.2) is 24.2 Å². The number of fused-ring (bicyclic) bond motifs is 1. The molecule has 0 atom stereocenters. The van der Waals surface area contributed by atoms with E-state index in [-0.39, 0.29) is 12.2 Å². The predicted molar refractivity (Wildman–Crippen MR) is 127 cm³/mol. The van der Waals surface area contributed by atoms with Gasteiger partial charge in [0.05, 0.1) is 12.0 Å². The van der Waals surface area contributed by atoms with Gasteiger partial charge in [-0.2, -0.15) is 8.42 Å². The molecule has 2 aromatic carbocycles. The van der Waals surface area contributed by atoms with Gasteiger partial charge in [0, 0.05) is 11.3 Å². The van der Waals surface area contributed by atoms with Crippen LogP contribution in [0.2, 0.25) is 0 Å². The van der Waals surface area contributed by atoms with E-state index < -0.39 is 21.0 Å². The molecule has 0 spiro atoms. The van der Waals surface area contributed by atoms with Crippen molar-refractivity contribution >= 4 is 38.9 Å². The molecule has 0 heterocycles. The second kappa shape index (κ2) is 14.5. The summed E-state index contributed by atoms with van der Waals surface area (Å²) in [4.78, 5) is 12.3. The van der Waals surface area contributed by atoms with Crippen LogP contribution in [0.25, 0.3) is 10.8 Å². The van der Waals surface area contributed by atoms with E-state index in [9.17, 15) is 17.8 Å². The molecule has 0 amide bonds. The van der Waals surface area contributed by atoms with E-state index in [0.717, 1.165) is 19.3 Å². The van der Waals surface area contributed by atoms with Gasteiger partial charge in [-0.15, -0.1) is 4.33 Å². The average molecular weight is 501 g/mol. The zero-order chi connectivity index (χ0) is 24.1. The molecule has 2 aromatic rings. The zero-order valence-corrected chi connectivity index (χ0v) is 20.5. The Morgan fingerprint density at radius 3 is 2.15 bits per heavy atom. The standard InChI is InChI=1S/C23H32O8S2/c1-2-3-4-5-6-7-8-9-10-11-12-23(24)29-21-16-18-13-14-20(32-31-30-25)15-19(18)17-22(21)33(26,27)28/h13-17,25H,2-12H2,1H3,(H,26,27,28). The van der Waals surface area contributed by atoms with Crippen molar-refractivity contribution in [2.75, 3.05) is 0 Å². The van der Waals surface area contributed by atoms with Crippen LogP contribution in [0, 0.1) is 0 Å². The lowest BCUT2D eigenvalue weighted by Crippen LogP contribution is -2.11. The molecule has 0 aliphatic heterocycles. The van der Waals surface area contributed by atoms with Crippen molar-refractivity contribution in [3.63, 3.8) is 0 Å². The third-order valence-electron chi connectivity index (χ3n) is 5.27. The highest BCUT2D eigenvalue weighted by Gasteiger charge is 2.20. The molecule has 0 radical (unpaired) electrons. The molecule has 0 bridgehead atoms. The zero-order valence-electron chi connectivity index (χ0n) is 18.8. The Bertz CT molecular complexity index is 991. The summed E-state index contributed by atoms with van der Waals surface area (Å²) in [5.41, 5.74) is 0. The summed E-state index contributed by atoms with van der Waals surface area (Å²) in [6.45, 7) is 2.21. The fourth-order valence-electron chi connectivity index (χ4n) is 3.55. The highest BCUT2D eigenvalue weighted by atomic mass is 32.2. The summed E-state index contributed by atoms with van der Waals surface area (Å²) in [6.07, 6.45) is 11.5. The van der Waals surface area contributed by atoms with Crippen molar-refractivity contribution in [3.05, 3.63) is 30.3 Å². The van der Waals surface area contributed by atoms with E-state index in [1.54, 1.807) is 18.2 Å². The first-order chi connectivity index (χ1) is 15.8. The molecule has 184 valence electrons. The van der Waals surface area contributed by atoms with E-state index in [2.05, 4.69) is 16.3 Å². The molecule has 0 unspecified atom stereocenters. The van der Waals surface area contributed by atoms with Crippen LogP contribution >= 0.6 is 12.0 Å². The van der Waals surface area contributed by atoms with E-state index in [1.807, 2.05) is 0 Å². The number of rotatable bonds is 16. The number of carbonyl (C=O) groups is 1. The molecule has 0 aromatic heterocycles. The molecule has 2 N–H and O–H groups in total. The second-order valence-corrected chi connectivity index (χ2v) is 10.1. The minimum atomic E-state index is -4.62. The lowest BCUT2D eigenvalue weighted by molar-refractivity contribution is -0.432. The molecular formula is C23H32O8S2. The molecule has 33 heavy (non-hydrogen) atoms. The maximum absolute atomic E-state index is 12.3. The first kappa shape index (κ1) is 27.6. The molecule has 0 saturated heterocycles. The smallest absolute Gasteiger partial charge is 0.311 e. The minimum absolute atomic E-state index is 0.174. The van der Waals surface area contributed by atoms with Crippen LogP contribution in [0.4, 0.5) is 0 Å². The van der Waals surface area contributed by atoms with Crippen LogP contribution in [0.15, 0.2) is 40.1 Å². The van der Waals surface area contributed by atoms with Crippen molar-refractivity contribution in [2.45, 2.75) is 87.3 Å². The van der Waals surface area contributed by atoms with Crippen LogP contribution in [-0.2, 0) is 24.3 Å². The molecule has 0 aliphatic carbocycles. The van der Waals surface area contributed by atoms with Crippen LogP contribution in [0.1, 0.15) is 77.6 Å². The van der Waals surface area contributed by atoms with Crippen molar-refractivity contribution in [2.24, 2.45) is 0 Å². The summed E-state index contributed by atoms with van der Waals surface area (Å²) < 4.78 is 43.0. The molecular weight excluding hydrogens is 468 g/mol. The molecule has 0 aliphatic rings. The third-order valence-corrected chi connectivity index (χ3v) is 6.72. The quantitative estimate of drug-likeness (QED) is 0.0491. The number of hydrogen-bond acceptors (Lipinski definition) is 8. The van der Waals surface area contributed by atoms with Crippen LogP contribution < -0.4 is 4.74 Å². The topological polar surface area (TPSA) is 119 Å². The first-order valence-electron chi connectivity index (χ1n) is 11.3.